The van der Waals surface area contributed by atoms with Gasteiger partial charge in [0.25, 0.3) is 0 Å². The van der Waals surface area contributed by atoms with E-state index in [0.29, 0.717) is 0 Å². The van der Waals surface area contributed by atoms with Crippen molar-refractivity contribution in [2.75, 3.05) is 35.8 Å². The average molecular weight is 354 g/mol. The van der Waals surface area contributed by atoms with Crippen molar-refractivity contribution in [3.8, 4) is 5.75 Å². The number of anilines is 1. The molecule has 0 saturated heterocycles. The summed E-state index contributed by atoms with van der Waals surface area (Å²) in [6, 6.07) is 7.86. The van der Waals surface area contributed by atoms with Gasteiger partial charge in [-0.15, -0.1) is 0 Å². The average Bonchev–Trinajstić information content (AvgIpc) is 2.58. The Morgan fingerprint density at radius 3 is 2.39 bits per heavy atom. The molecule has 0 atom stereocenters. The molecule has 3 nitrogen and oxygen atoms in total. The van der Waals surface area contributed by atoms with Crippen molar-refractivity contribution in [3.05, 3.63) is 36.0 Å². The van der Waals surface area contributed by atoms with E-state index in [0.717, 1.165) is 47.4 Å². The molecule has 23 heavy (non-hydrogen) atoms. The van der Waals surface area contributed by atoms with Gasteiger partial charge in [0.15, 0.2) is 0 Å². The summed E-state index contributed by atoms with van der Waals surface area (Å²) in [6.45, 7) is 7.00. The van der Waals surface area contributed by atoms with Gasteiger partial charge in [-0.2, -0.15) is 11.8 Å². The molecule has 0 aliphatic carbocycles. The van der Waals surface area contributed by atoms with Crippen molar-refractivity contribution in [1.82, 2.24) is 0 Å². The van der Waals surface area contributed by atoms with Crippen LogP contribution < -0.4 is 9.64 Å². The van der Waals surface area contributed by atoms with Crippen molar-refractivity contribution >= 4 is 34.3 Å². The number of hydrogen-bond donors (Lipinski definition) is 0. The summed E-state index contributed by atoms with van der Waals surface area (Å²) in [7, 11) is 1.66. The summed E-state index contributed by atoms with van der Waals surface area (Å²) >= 11 is 3.27. The lowest BCUT2D eigenvalue weighted by atomic mass is 10.2. The first-order valence-electron chi connectivity index (χ1n) is 8.04. The predicted octanol–water partition coefficient (Wildman–Crippen LogP) is 4.83. The Labute approximate surface area is 148 Å². The summed E-state index contributed by atoms with van der Waals surface area (Å²) in [4.78, 5) is 14.6. The molecule has 128 valence electrons. The minimum atomic E-state index is 0.145. The molecule has 0 heterocycles. The minimum Gasteiger partial charge on any atom is -0.497 e. The molecule has 0 spiro atoms. The Kier molecular flexibility index (Phi) is 9.96. The van der Waals surface area contributed by atoms with E-state index in [-0.39, 0.29) is 5.12 Å². The number of nitrogens with zero attached hydrogens (tertiary/aromatic N) is 1. The van der Waals surface area contributed by atoms with Gasteiger partial charge in [-0.1, -0.05) is 31.7 Å². The standard InChI is InChI=1S/C18H27NO2S2/c1-5-19(15-10-12-16(21-4)13-11-15)17(18(20)23-7-3)9-8-14-22-6-2/h9-13H,5-8,14H2,1-4H3/b17-9+. The third-order valence-corrected chi connectivity index (χ3v) is 4.97. The molecular weight excluding hydrogens is 326 g/mol. The van der Waals surface area contributed by atoms with E-state index in [1.165, 1.54) is 11.8 Å². The monoisotopic (exact) mass is 353 g/mol. The first kappa shape index (κ1) is 20.0. The van der Waals surface area contributed by atoms with Gasteiger partial charge in [0, 0.05) is 12.2 Å². The van der Waals surface area contributed by atoms with E-state index < -0.39 is 0 Å². The lowest BCUT2D eigenvalue weighted by Crippen LogP contribution is -2.26. The van der Waals surface area contributed by atoms with Crippen LogP contribution in [0.1, 0.15) is 27.2 Å². The molecule has 1 rings (SSSR count). The summed E-state index contributed by atoms with van der Waals surface area (Å²) < 4.78 is 5.21. The smallest absolute Gasteiger partial charge is 0.235 e. The molecule has 0 aliphatic rings. The fourth-order valence-corrected chi connectivity index (χ4v) is 3.36. The Balaban J connectivity index is 3.00. The van der Waals surface area contributed by atoms with Crippen molar-refractivity contribution in [2.24, 2.45) is 0 Å². The van der Waals surface area contributed by atoms with Gasteiger partial charge >= 0.3 is 0 Å². The highest BCUT2D eigenvalue weighted by molar-refractivity contribution is 8.14. The fourth-order valence-electron chi connectivity index (χ4n) is 2.19. The number of ether oxygens (including phenoxy) is 1. The zero-order valence-corrected chi connectivity index (χ0v) is 16.1. The summed E-state index contributed by atoms with van der Waals surface area (Å²) in [5.41, 5.74) is 1.81. The zero-order valence-electron chi connectivity index (χ0n) is 14.5. The van der Waals surface area contributed by atoms with Gasteiger partial charge in [-0.25, -0.2) is 0 Å². The highest BCUT2D eigenvalue weighted by Gasteiger charge is 2.17. The number of rotatable bonds is 10. The van der Waals surface area contributed by atoms with E-state index in [1.807, 2.05) is 43.0 Å². The van der Waals surface area contributed by atoms with Crippen LogP contribution >= 0.6 is 23.5 Å². The first-order chi connectivity index (χ1) is 11.2. The van der Waals surface area contributed by atoms with E-state index in [9.17, 15) is 4.79 Å². The molecule has 0 fully saturated rings. The molecule has 0 aliphatic heterocycles. The third-order valence-electron chi connectivity index (χ3n) is 3.28. The second-order valence-electron chi connectivity index (χ2n) is 4.74. The van der Waals surface area contributed by atoms with E-state index in [2.05, 4.69) is 24.8 Å². The maximum atomic E-state index is 12.5. The van der Waals surface area contributed by atoms with Crippen molar-refractivity contribution in [3.63, 3.8) is 0 Å². The number of likely N-dealkylation sites (N-methyl/N-ethyl adjacent to an activating group) is 1. The quantitative estimate of drug-likeness (QED) is 0.444. The number of carbonyl (C=O) groups excluding carboxylic acids is 1. The molecule has 5 heteroatoms. The van der Waals surface area contributed by atoms with E-state index >= 15 is 0 Å². The molecule has 0 saturated carbocycles. The molecule has 1 aromatic rings. The van der Waals surface area contributed by atoms with Gasteiger partial charge in [0.1, 0.15) is 5.75 Å². The zero-order chi connectivity index (χ0) is 17.1. The first-order valence-corrected chi connectivity index (χ1v) is 10.2. The lowest BCUT2D eigenvalue weighted by molar-refractivity contribution is -0.108. The topological polar surface area (TPSA) is 29.5 Å². The van der Waals surface area contributed by atoms with Crippen LogP contribution in [0.2, 0.25) is 0 Å². The molecule has 0 unspecified atom stereocenters. The summed E-state index contributed by atoms with van der Waals surface area (Å²) in [6.07, 6.45) is 3.00. The van der Waals surface area contributed by atoms with Gasteiger partial charge in [-0.05, 0) is 54.9 Å². The van der Waals surface area contributed by atoms with Crippen molar-refractivity contribution in [2.45, 2.75) is 27.2 Å². The Morgan fingerprint density at radius 1 is 1.17 bits per heavy atom. The maximum Gasteiger partial charge on any atom is 0.235 e. The Hall–Kier alpha value is -1.07. The number of allylic oxidation sites excluding steroid dienone is 1. The molecule has 0 aromatic heterocycles. The number of thioether (sulfide) groups is 2. The van der Waals surface area contributed by atoms with Crippen molar-refractivity contribution < 1.29 is 9.53 Å². The second kappa shape index (κ2) is 11.5. The maximum absolute atomic E-state index is 12.5. The van der Waals surface area contributed by atoms with Crippen LogP contribution in [0, 0.1) is 0 Å². The summed E-state index contributed by atoms with van der Waals surface area (Å²) in [5, 5.41) is 0.145. The van der Waals surface area contributed by atoms with Crippen LogP contribution in [-0.2, 0) is 4.79 Å². The number of carbonyl (C=O) groups is 1. The fraction of sp³-hybridized carbons (Fsp3) is 0.500. The van der Waals surface area contributed by atoms with E-state index in [4.69, 9.17) is 4.74 Å². The van der Waals surface area contributed by atoms with Gasteiger partial charge in [0.05, 0.1) is 12.8 Å². The molecule has 0 amide bonds. The van der Waals surface area contributed by atoms with Crippen LogP contribution in [0.25, 0.3) is 0 Å². The highest BCUT2D eigenvalue weighted by atomic mass is 32.2. The normalized spacial score (nSPS) is 11.4. The number of hydrogen-bond acceptors (Lipinski definition) is 5. The minimum absolute atomic E-state index is 0.145. The van der Waals surface area contributed by atoms with Crippen molar-refractivity contribution in [1.29, 1.82) is 0 Å². The second-order valence-corrected chi connectivity index (χ2v) is 7.37. The van der Waals surface area contributed by atoms with Crippen LogP contribution in [0.3, 0.4) is 0 Å². The van der Waals surface area contributed by atoms with E-state index in [1.54, 1.807) is 7.11 Å². The predicted molar refractivity (Wildman–Crippen MR) is 105 cm³/mol. The van der Waals surface area contributed by atoms with Gasteiger partial charge in [-0.3, -0.25) is 4.79 Å². The molecule has 0 bridgehead atoms. The Bertz CT molecular complexity index is 500. The summed E-state index contributed by atoms with van der Waals surface area (Å²) in [5.74, 6) is 3.77. The molecule has 0 N–H and O–H groups in total. The van der Waals surface area contributed by atoms with Crippen LogP contribution in [0.15, 0.2) is 36.0 Å². The SMILES string of the molecule is CCSCC/C=C(\C(=O)SCC)N(CC)c1ccc(OC)cc1. The van der Waals surface area contributed by atoms with Gasteiger partial charge in [0.2, 0.25) is 5.12 Å². The number of benzene rings is 1. The van der Waals surface area contributed by atoms with Crippen LogP contribution in [0.5, 0.6) is 5.75 Å². The third kappa shape index (κ3) is 6.51. The lowest BCUT2D eigenvalue weighted by Gasteiger charge is -2.25. The molecule has 1 aromatic carbocycles. The van der Waals surface area contributed by atoms with Gasteiger partial charge < -0.3 is 9.64 Å². The van der Waals surface area contributed by atoms with Crippen LogP contribution in [0.4, 0.5) is 5.69 Å². The molecular formula is C18H27NO2S2. The Morgan fingerprint density at radius 2 is 1.87 bits per heavy atom. The highest BCUT2D eigenvalue weighted by Crippen LogP contribution is 2.25. The largest absolute Gasteiger partial charge is 0.497 e. The van der Waals surface area contributed by atoms with Crippen LogP contribution in [-0.4, -0.2) is 36.0 Å². The molecule has 0 radical (unpaired) electrons. The number of methoxy groups -OCH3 is 1.